The Bertz CT molecular complexity index is 1520. The Kier molecular flexibility index (Phi) is 7.33. The molecule has 5 rings (SSSR count). The molecule has 4 aromatic rings. The molecule has 0 aliphatic carbocycles. The van der Waals surface area contributed by atoms with Crippen LogP contribution < -0.4 is 20.9 Å². The average Bonchev–Trinajstić information content (AvgIpc) is 2.94. The Morgan fingerprint density at radius 1 is 1.08 bits per heavy atom. The summed E-state index contributed by atoms with van der Waals surface area (Å²) in [5.41, 5.74) is 4.24. The van der Waals surface area contributed by atoms with Crippen LogP contribution >= 0.6 is 11.6 Å². The van der Waals surface area contributed by atoms with E-state index in [2.05, 4.69) is 10.6 Å². The Morgan fingerprint density at radius 2 is 1.84 bits per heavy atom. The van der Waals surface area contributed by atoms with E-state index in [0.717, 1.165) is 16.9 Å². The van der Waals surface area contributed by atoms with Crippen molar-refractivity contribution >= 4 is 29.3 Å². The lowest BCUT2D eigenvalue weighted by Gasteiger charge is -2.29. The number of carbonyl (C=O) groups is 1. The summed E-state index contributed by atoms with van der Waals surface area (Å²) in [6, 6.07) is 22.2. The number of hydrogen-bond acceptors (Lipinski definition) is 5. The number of fused-ring (bicyclic) bond motifs is 1. The van der Waals surface area contributed by atoms with Gasteiger partial charge in [0.25, 0.3) is 5.56 Å². The molecule has 2 N–H and O–H groups in total. The van der Waals surface area contributed by atoms with E-state index in [1.54, 1.807) is 28.7 Å². The number of ether oxygens (including phenoxy) is 1. The maximum absolute atomic E-state index is 13.8. The van der Waals surface area contributed by atoms with Crippen molar-refractivity contribution in [1.82, 2.24) is 14.5 Å². The average molecular weight is 530 g/mol. The first-order chi connectivity index (χ1) is 18.4. The lowest BCUT2D eigenvalue weighted by molar-refractivity contribution is 0.205. The van der Waals surface area contributed by atoms with Crippen LogP contribution in [0.15, 0.2) is 77.6 Å². The molecule has 0 saturated carbocycles. The van der Waals surface area contributed by atoms with Crippen molar-refractivity contribution in [1.29, 1.82) is 0 Å². The minimum atomic E-state index is -0.311. The highest BCUT2D eigenvalue weighted by molar-refractivity contribution is 6.33. The van der Waals surface area contributed by atoms with Crippen molar-refractivity contribution in [3.63, 3.8) is 0 Å². The molecule has 8 nitrogen and oxygen atoms in total. The number of amides is 2. The van der Waals surface area contributed by atoms with Crippen LogP contribution in [0.1, 0.15) is 22.4 Å². The van der Waals surface area contributed by atoms with Gasteiger partial charge < -0.3 is 20.3 Å². The predicted molar refractivity (Wildman–Crippen MR) is 149 cm³/mol. The highest BCUT2D eigenvalue weighted by Gasteiger charge is 2.27. The first-order valence-corrected chi connectivity index (χ1v) is 12.7. The molecule has 0 atom stereocenters. The number of para-hydroxylation sites is 1. The number of methoxy groups -OCH3 is 1. The summed E-state index contributed by atoms with van der Waals surface area (Å²) in [5.74, 6) is 1.24. The van der Waals surface area contributed by atoms with E-state index in [9.17, 15) is 9.59 Å². The van der Waals surface area contributed by atoms with E-state index in [1.807, 2.05) is 67.6 Å². The maximum atomic E-state index is 13.8. The van der Waals surface area contributed by atoms with Crippen molar-refractivity contribution in [2.45, 2.75) is 26.4 Å². The molecule has 2 amide bonds. The summed E-state index contributed by atoms with van der Waals surface area (Å²) in [6.07, 6.45) is 0.465. The van der Waals surface area contributed by atoms with Gasteiger partial charge in [-0.1, -0.05) is 48.0 Å². The largest absolute Gasteiger partial charge is 0.497 e. The number of nitrogens with one attached hydrogen (secondary N) is 2. The van der Waals surface area contributed by atoms with E-state index in [4.69, 9.17) is 21.3 Å². The smallest absolute Gasteiger partial charge is 0.322 e. The van der Waals surface area contributed by atoms with Gasteiger partial charge in [0.05, 0.1) is 41.3 Å². The van der Waals surface area contributed by atoms with Gasteiger partial charge in [-0.05, 0) is 54.4 Å². The summed E-state index contributed by atoms with van der Waals surface area (Å²) in [4.78, 5) is 33.4. The van der Waals surface area contributed by atoms with E-state index >= 15 is 0 Å². The number of rotatable bonds is 6. The molecular formula is C29H28ClN5O3. The first kappa shape index (κ1) is 25.4. The summed E-state index contributed by atoms with van der Waals surface area (Å²) in [5, 5.41) is 6.67. The van der Waals surface area contributed by atoms with Crippen molar-refractivity contribution in [2.24, 2.45) is 0 Å². The topological polar surface area (TPSA) is 88.5 Å². The van der Waals surface area contributed by atoms with Crippen LogP contribution in [0.3, 0.4) is 0 Å². The van der Waals surface area contributed by atoms with E-state index < -0.39 is 0 Å². The molecule has 0 fully saturated rings. The lowest BCUT2D eigenvalue weighted by atomic mass is 10.1. The number of urea groups is 1. The molecule has 38 heavy (non-hydrogen) atoms. The number of aromatic nitrogens is 2. The standard InChI is InChI=1S/C29H28ClN5O3/c1-19-8-13-26(24(30)16-19)33-29(37)34-15-14-25-23(18-34)27(36)35(21-6-4-3-5-7-21)28(32-25)31-17-20-9-11-22(38-2)12-10-20/h3-13,16H,14-15,17-18H2,1-2H3,(H,31,32)(H,33,37). The zero-order valence-corrected chi connectivity index (χ0v) is 22.0. The Labute approximate surface area is 225 Å². The van der Waals surface area contributed by atoms with E-state index in [1.165, 1.54) is 0 Å². The van der Waals surface area contributed by atoms with E-state index in [-0.39, 0.29) is 18.1 Å². The van der Waals surface area contributed by atoms with Crippen LogP contribution in [0.2, 0.25) is 5.02 Å². The molecule has 0 bridgehead atoms. The zero-order chi connectivity index (χ0) is 26.6. The van der Waals surface area contributed by atoms with E-state index in [0.29, 0.717) is 53.1 Å². The van der Waals surface area contributed by atoms with Gasteiger partial charge in [0.1, 0.15) is 5.75 Å². The quantitative estimate of drug-likeness (QED) is 0.349. The number of halogens is 1. The monoisotopic (exact) mass is 529 g/mol. The minimum absolute atomic E-state index is 0.155. The second kappa shape index (κ2) is 11.0. The second-order valence-electron chi connectivity index (χ2n) is 9.12. The Balaban J connectivity index is 1.43. The van der Waals surface area contributed by atoms with Crippen molar-refractivity contribution in [3.05, 3.63) is 111 Å². The highest BCUT2D eigenvalue weighted by atomic mass is 35.5. The molecule has 0 saturated heterocycles. The van der Waals surface area contributed by atoms with Gasteiger partial charge in [-0.3, -0.25) is 4.79 Å². The predicted octanol–water partition coefficient (Wildman–Crippen LogP) is 5.41. The molecule has 1 aliphatic heterocycles. The number of carbonyl (C=O) groups excluding carboxylic acids is 1. The molecular weight excluding hydrogens is 502 g/mol. The third-order valence-corrected chi connectivity index (χ3v) is 6.82. The van der Waals surface area contributed by atoms with Gasteiger partial charge in [-0.2, -0.15) is 0 Å². The molecule has 0 unspecified atom stereocenters. The fraction of sp³-hybridized carbons (Fsp3) is 0.207. The van der Waals surface area contributed by atoms with Crippen LogP contribution in [0.5, 0.6) is 5.75 Å². The van der Waals surface area contributed by atoms with Gasteiger partial charge >= 0.3 is 6.03 Å². The van der Waals surface area contributed by atoms with Crippen LogP contribution in [0.25, 0.3) is 5.69 Å². The van der Waals surface area contributed by atoms with Gasteiger partial charge in [0, 0.05) is 19.5 Å². The molecule has 9 heteroatoms. The van der Waals surface area contributed by atoms with Gasteiger partial charge in [0.2, 0.25) is 5.95 Å². The number of aryl methyl sites for hydroxylation is 1. The van der Waals surface area contributed by atoms with Crippen molar-refractivity contribution < 1.29 is 9.53 Å². The lowest BCUT2D eigenvalue weighted by Crippen LogP contribution is -2.43. The number of anilines is 2. The van der Waals surface area contributed by atoms with Crippen LogP contribution in [-0.2, 0) is 19.5 Å². The molecule has 3 aromatic carbocycles. The SMILES string of the molecule is COc1ccc(CNc2nc3c(c(=O)n2-c2ccccc2)CN(C(=O)Nc2ccc(C)cc2Cl)CC3)cc1. The zero-order valence-electron chi connectivity index (χ0n) is 21.2. The number of benzene rings is 3. The fourth-order valence-electron chi connectivity index (χ4n) is 4.43. The number of nitrogens with zero attached hydrogens (tertiary/aromatic N) is 3. The normalized spacial score (nSPS) is 12.6. The van der Waals surface area contributed by atoms with Crippen LogP contribution in [0, 0.1) is 6.92 Å². The molecule has 0 radical (unpaired) electrons. The van der Waals surface area contributed by atoms with Crippen LogP contribution in [0.4, 0.5) is 16.4 Å². The summed E-state index contributed by atoms with van der Waals surface area (Å²) < 4.78 is 6.81. The summed E-state index contributed by atoms with van der Waals surface area (Å²) >= 11 is 6.30. The van der Waals surface area contributed by atoms with Crippen molar-refractivity contribution in [3.8, 4) is 11.4 Å². The Morgan fingerprint density at radius 3 is 2.55 bits per heavy atom. The molecule has 0 spiro atoms. The third-order valence-electron chi connectivity index (χ3n) is 6.51. The van der Waals surface area contributed by atoms with Gasteiger partial charge in [-0.25, -0.2) is 14.3 Å². The summed E-state index contributed by atoms with van der Waals surface area (Å²) in [6.45, 7) is 3.00. The van der Waals surface area contributed by atoms with Crippen LogP contribution in [-0.4, -0.2) is 34.1 Å². The van der Waals surface area contributed by atoms with Gasteiger partial charge in [-0.15, -0.1) is 0 Å². The Hall–Kier alpha value is -4.30. The third kappa shape index (κ3) is 5.35. The molecule has 1 aromatic heterocycles. The minimum Gasteiger partial charge on any atom is -0.497 e. The molecule has 194 valence electrons. The maximum Gasteiger partial charge on any atom is 0.322 e. The second-order valence-corrected chi connectivity index (χ2v) is 9.53. The van der Waals surface area contributed by atoms with Crippen molar-refractivity contribution in [2.75, 3.05) is 24.3 Å². The first-order valence-electron chi connectivity index (χ1n) is 12.3. The van der Waals surface area contributed by atoms with Gasteiger partial charge in [0.15, 0.2) is 0 Å². The number of hydrogen-bond donors (Lipinski definition) is 2. The fourth-order valence-corrected chi connectivity index (χ4v) is 4.71. The highest BCUT2D eigenvalue weighted by Crippen LogP contribution is 2.25. The molecule has 1 aliphatic rings. The molecule has 2 heterocycles. The summed E-state index contributed by atoms with van der Waals surface area (Å²) in [7, 11) is 1.63.